The summed E-state index contributed by atoms with van der Waals surface area (Å²) >= 11 is 0. The summed E-state index contributed by atoms with van der Waals surface area (Å²) in [6, 6.07) is 13.9. The SMILES string of the molecule is O=[N+]([O-])c1cccc(CNc2ccccc2CO)c1. The first-order valence-corrected chi connectivity index (χ1v) is 5.86. The minimum Gasteiger partial charge on any atom is -0.392 e. The Balaban J connectivity index is 2.10. The maximum Gasteiger partial charge on any atom is 0.269 e. The van der Waals surface area contributed by atoms with E-state index in [1.54, 1.807) is 6.07 Å². The van der Waals surface area contributed by atoms with Gasteiger partial charge in [0, 0.05) is 29.9 Å². The Hall–Kier alpha value is -2.40. The van der Waals surface area contributed by atoms with E-state index in [1.807, 2.05) is 30.3 Å². The summed E-state index contributed by atoms with van der Waals surface area (Å²) in [5.41, 5.74) is 2.53. The third-order valence-corrected chi connectivity index (χ3v) is 2.79. The van der Waals surface area contributed by atoms with Crippen molar-refractivity contribution in [2.24, 2.45) is 0 Å². The number of nitro benzene ring substituents is 1. The van der Waals surface area contributed by atoms with Crippen LogP contribution >= 0.6 is 0 Å². The van der Waals surface area contributed by atoms with Crippen molar-refractivity contribution in [3.05, 3.63) is 69.8 Å². The second-order valence-corrected chi connectivity index (χ2v) is 4.10. The summed E-state index contributed by atoms with van der Waals surface area (Å²) in [4.78, 5) is 10.3. The molecule has 0 fully saturated rings. The second-order valence-electron chi connectivity index (χ2n) is 4.10. The molecule has 2 aromatic carbocycles. The minimum atomic E-state index is -0.412. The van der Waals surface area contributed by atoms with Gasteiger partial charge in [-0.2, -0.15) is 0 Å². The molecule has 0 amide bonds. The third kappa shape index (κ3) is 3.29. The molecule has 2 N–H and O–H groups in total. The molecule has 0 unspecified atom stereocenters. The van der Waals surface area contributed by atoms with E-state index in [1.165, 1.54) is 12.1 Å². The van der Waals surface area contributed by atoms with Crippen LogP contribution in [0.2, 0.25) is 0 Å². The van der Waals surface area contributed by atoms with Crippen LogP contribution in [0.5, 0.6) is 0 Å². The highest BCUT2D eigenvalue weighted by atomic mass is 16.6. The molecule has 0 aliphatic carbocycles. The zero-order valence-corrected chi connectivity index (χ0v) is 10.2. The highest BCUT2D eigenvalue weighted by Crippen LogP contribution is 2.18. The number of hydrogen-bond acceptors (Lipinski definition) is 4. The van der Waals surface area contributed by atoms with Gasteiger partial charge < -0.3 is 10.4 Å². The Morgan fingerprint density at radius 3 is 2.68 bits per heavy atom. The first-order chi connectivity index (χ1) is 9.20. The zero-order valence-electron chi connectivity index (χ0n) is 10.2. The van der Waals surface area contributed by atoms with Gasteiger partial charge in [0.1, 0.15) is 0 Å². The molecule has 0 aromatic heterocycles. The van der Waals surface area contributed by atoms with Crippen molar-refractivity contribution in [3.8, 4) is 0 Å². The van der Waals surface area contributed by atoms with Crippen molar-refractivity contribution < 1.29 is 10.0 Å². The van der Waals surface area contributed by atoms with Crippen molar-refractivity contribution in [2.45, 2.75) is 13.2 Å². The lowest BCUT2D eigenvalue weighted by atomic mass is 10.1. The van der Waals surface area contributed by atoms with E-state index < -0.39 is 4.92 Å². The molecule has 0 saturated carbocycles. The molecule has 2 aromatic rings. The minimum absolute atomic E-state index is 0.0435. The Morgan fingerprint density at radius 1 is 1.16 bits per heavy atom. The van der Waals surface area contributed by atoms with Crippen molar-refractivity contribution >= 4 is 11.4 Å². The topological polar surface area (TPSA) is 75.4 Å². The Bertz CT molecular complexity index is 584. The number of para-hydroxylation sites is 1. The largest absolute Gasteiger partial charge is 0.392 e. The number of non-ortho nitro benzene ring substituents is 1. The number of rotatable bonds is 5. The van der Waals surface area contributed by atoms with Gasteiger partial charge in [-0.15, -0.1) is 0 Å². The van der Waals surface area contributed by atoms with E-state index in [-0.39, 0.29) is 12.3 Å². The number of nitrogens with zero attached hydrogens (tertiary/aromatic N) is 1. The van der Waals surface area contributed by atoms with Crippen molar-refractivity contribution in [1.29, 1.82) is 0 Å². The first kappa shape index (κ1) is 13.0. The molecule has 0 saturated heterocycles. The van der Waals surface area contributed by atoms with Gasteiger partial charge in [-0.05, 0) is 11.6 Å². The second kappa shape index (κ2) is 5.97. The number of nitrogens with one attached hydrogen (secondary N) is 1. The Morgan fingerprint density at radius 2 is 1.95 bits per heavy atom. The number of nitro groups is 1. The average Bonchev–Trinajstić information content (AvgIpc) is 2.45. The smallest absolute Gasteiger partial charge is 0.269 e. The Kier molecular flexibility index (Phi) is 4.10. The molecule has 2 rings (SSSR count). The van der Waals surface area contributed by atoms with Gasteiger partial charge >= 0.3 is 0 Å². The van der Waals surface area contributed by atoms with E-state index in [2.05, 4.69) is 5.32 Å². The molecule has 5 heteroatoms. The molecule has 0 aliphatic rings. The first-order valence-electron chi connectivity index (χ1n) is 5.86. The van der Waals surface area contributed by atoms with Crippen LogP contribution < -0.4 is 5.32 Å². The predicted octanol–water partition coefficient (Wildman–Crippen LogP) is 2.70. The van der Waals surface area contributed by atoms with Gasteiger partial charge in [0.05, 0.1) is 11.5 Å². The summed E-state index contributed by atoms with van der Waals surface area (Å²) in [5.74, 6) is 0. The molecule has 0 atom stereocenters. The van der Waals surface area contributed by atoms with Crippen LogP contribution in [-0.4, -0.2) is 10.0 Å². The fourth-order valence-corrected chi connectivity index (χ4v) is 1.81. The molecular formula is C14H14N2O3. The van der Waals surface area contributed by atoms with Crippen LogP contribution in [0.4, 0.5) is 11.4 Å². The highest BCUT2D eigenvalue weighted by Gasteiger charge is 2.06. The maximum absolute atomic E-state index is 10.7. The molecule has 98 valence electrons. The normalized spacial score (nSPS) is 10.2. The van der Waals surface area contributed by atoms with Crippen molar-refractivity contribution in [1.82, 2.24) is 0 Å². The molecule has 0 radical (unpaired) electrons. The van der Waals surface area contributed by atoms with Crippen LogP contribution in [-0.2, 0) is 13.2 Å². The standard InChI is InChI=1S/C14H14N2O3/c17-10-12-5-1-2-7-14(12)15-9-11-4-3-6-13(8-11)16(18)19/h1-8,15,17H,9-10H2. The van der Waals surface area contributed by atoms with Crippen LogP contribution in [0, 0.1) is 10.1 Å². The molecule has 0 heterocycles. The monoisotopic (exact) mass is 258 g/mol. The van der Waals surface area contributed by atoms with Gasteiger partial charge in [-0.25, -0.2) is 0 Å². The van der Waals surface area contributed by atoms with Crippen LogP contribution in [0.3, 0.4) is 0 Å². The van der Waals surface area contributed by atoms with Crippen LogP contribution in [0.25, 0.3) is 0 Å². The molecule has 5 nitrogen and oxygen atoms in total. The van der Waals surface area contributed by atoms with E-state index in [4.69, 9.17) is 0 Å². The van der Waals surface area contributed by atoms with Gasteiger partial charge in [-0.3, -0.25) is 10.1 Å². The summed E-state index contributed by atoms with van der Waals surface area (Å²) in [7, 11) is 0. The number of aliphatic hydroxyl groups is 1. The van der Waals surface area contributed by atoms with Gasteiger partial charge in [0.25, 0.3) is 5.69 Å². The lowest BCUT2D eigenvalue weighted by Gasteiger charge is -2.10. The Labute approximate surface area is 110 Å². The fourth-order valence-electron chi connectivity index (χ4n) is 1.81. The third-order valence-electron chi connectivity index (χ3n) is 2.79. The predicted molar refractivity (Wildman–Crippen MR) is 72.8 cm³/mol. The number of aliphatic hydroxyl groups excluding tert-OH is 1. The van der Waals surface area contributed by atoms with Gasteiger partial charge in [0.2, 0.25) is 0 Å². The molecule has 0 spiro atoms. The lowest BCUT2D eigenvalue weighted by molar-refractivity contribution is -0.384. The van der Waals surface area contributed by atoms with Crippen LogP contribution in [0.15, 0.2) is 48.5 Å². The fraction of sp³-hybridized carbons (Fsp3) is 0.143. The summed E-state index contributed by atoms with van der Waals surface area (Å²) in [5, 5.41) is 23.0. The van der Waals surface area contributed by atoms with E-state index in [0.29, 0.717) is 6.54 Å². The lowest BCUT2D eigenvalue weighted by Crippen LogP contribution is -2.02. The van der Waals surface area contributed by atoms with E-state index in [9.17, 15) is 15.2 Å². The quantitative estimate of drug-likeness (QED) is 0.638. The summed E-state index contributed by atoms with van der Waals surface area (Å²) in [6.45, 7) is 0.427. The molecule has 0 bridgehead atoms. The van der Waals surface area contributed by atoms with Crippen LogP contribution in [0.1, 0.15) is 11.1 Å². The highest BCUT2D eigenvalue weighted by molar-refractivity contribution is 5.51. The number of benzene rings is 2. The molecule has 19 heavy (non-hydrogen) atoms. The average molecular weight is 258 g/mol. The zero-order chi connectivity index (χ0) is 13.7. The van der Waals surface area contributed by atoms with Gasteiger partial charge in [0.15, 0.2) is 0 Å². The summed E-state index contributed by atoms with van der Waals surface area (Å²) in [6.07, 6.45) is 0. The maximum atomic E-state index is 10.7. The van der Waals surface area contributed by atoms with Crippen molar-refractivity contribution in [2.75, 3.05) is 5.32 Å². The van der Waals surface area contributed by atoms with E-state index >= 15 is 0 Å². The van der Waals surface area contributed by atoms with E-state index in [0.717, 1.165) is 16.8 Å². The molecule has 0 aliphatic heterocycles. The summed E-state index contributed by atoms with van der Waals surface area (Å²) < 4.78 is 0. The van der Waals surface area contributed by atoms with Crippen molar-refractivity contribution in [3.63, 3.8) is 0 Å². The molecular weight excluding hydrogens is 244 g/mol. The number of anilines is 1. The van der Waals surface area contributed by atoms with Gasteiger partial charge in [-0.1, -0.05) is 30.3 Å². The number of hydrogen-bond donors (Lipinski definition) is 2.